The number of rotatable bonds is 13. The van der Waals surface area contributed by atoms with E-state index in [1.54, 1.807) is 11.8 Å². The maximum Gasteiger partial charge on any atom is 0.407 e. The predicted octanol–water partition coefficient (Wildman–Crippen LogP) is 6.14. The molecule has 1 aliphatic heterocycles. The molecule has 1 heterocycles. The smallest absolute Gasteiger partial charge is 0.407 e. The first-order valence-corrected chi connectivity index (χ1v) is 19.9. The van der Waals surface area contributed by atoms with Gasteiger partial charge in [-0.25, -0.2) is 4.79 Å². The van der Waals surface area contributed by atoms with Crippen LogP contribution in [0.3, 0.4) is 0 Å². The van der Waals surface area contributed by atoms with Gasteiger partial charge in [0.2, 0.25) is 17.7 Å². The van der Waals surface area contributed by atoms with Crippen LogP contribution in [0.25, 0.3) is 11.1 Å². The molecule has 1 saturated heterocycles. The molecule has 0 spiro atoms. The van der Waals surface area contributed by atoms with Gasteiger partial charge >= 0.3 is 12.1 Å². The lowest BCUT2D eigenvalue weighted by molar-refractivity contribution is -0.153. The molecule has 2 fully saturated rings. The van der Waals surface area contributed by atoms with Crippen LogP contribution in [-0.2, 0) is 35.1 Å². The van der Waals surface area contributed by atoms with E-state index in [-0.39, 0.29) is 31.0 Å². The van der Waals surface area contributed by atoms with Gasteiger partial charge in [-0.3, -0.25) is 19.2 Å². The average Bonchev–Trinajstić information content (AvgIpc) is 3.31. The number of benzene rings is 3. The largest absolute Gasteiger partial charge is 0.462 e. The minimum atomic E-state index is -1.38. The quantitative estimate of drug-likeness (QED) is 0.159. The molecule has 11 nitrogen and oxygen atoms in total. The van der Waals surface area contributed by atoms with Gasteiger partial charge < -0.3 is 29.9 Å². The van der Waals surface area contributed by atoms with Crippen LogP contribution in [0.5, 0.6) is 0 Å². The first-order chi connectivity index (χ1) is 26.7. The summed E-state index contributed by atoms with van der Waals surface area (Å²) >= 11 is 0. The second-order valence-corrected chi connectivity index (χ2v) is 15.1. The highest BCUT2D eigenvalue weighted by atomic mass is 16.6. The van der Waals surface area contributed by atoms with Gasteiger partial charge in [0.25, 0.3) is 0 Å². The Balaban J connectivity index is 1.19. The topological polar surface area (TPSA) is 134 Å². The van der Waals surface area contributed by atoms with Crippen LogP contribution in [0.4, 0.5) is 4.79 Å². The van der Waals surface area contributed by atoms with Gasteiger partial charge in [-0.15, -0.1) is 0 Å². The van der Waals surface area contributed by atoms with Gasteiger partial charge in [0.05, 0.1) is 6.42 Å². The fraction of sp³-hybridized carbons (Fsp3) is 0.477. The number of likely N-dealkylation sites (N-methyl/N-ethyl adjacent to an activating group) is 1. The number of hydrogen-bond acceptors (Lipinski definition) is 7. The van der Waals surface area contributed by atoms with E-state index in [0.29, 0.717) is 13.1 Å². The molecule has 3 aliphatic rings. The molecule has 3 aromatic rings. The molecule has 55 heavy (non-hydrogen) atoms. The molecule has 0 radical (unpaired) electrons. The van der Waals surface area contributed by atoms with Crippen LogP contribution in [0.15, 0.2) is 78.9 Å². The van der Waals surface area contributed by atoms with Crippen LogP contribution in [0, 0.1) is 0 Å². The zero-order valence-electron chi connectivity index (χ0n) is 32.0. The number of piperidine rings is 1. The Hall–Kier alpha value is -5.19. The fourth-order valence-corrected chi connectivity index (χ4v) is 8.14. The third kappa shape index (κ3) is 10.1. The van der Waals surface area contributed by atoms with Crippen molar-refractivity contribution in [1.82, 2.24) is 20.4 Å². The number of alkyl carbamates (subject to hydrolysis) is 1. The maximum atomic E-state index is 14.4. The summed E-state index contributed by atoms with van der Waals surface area (Å²) < 4.78 is 11.6. The number of hydrogen-bond donors (Lipinski definition) is 2. The lowest BCUT2D eigenvalue weighted by Gasteiger charge is -2.33. The summed E-state index contributed by atoms with van der Waals surface area (Å²) in [4.78, 5) is 71.8. The number of esters is 1. The number of amides is 4. The van der Waals surface area contributed by atoms with Crippen LogP contribution < -0.4 is 10.6 Å². The summed E-state index contributed by atoms with van der Waals surface area (Å²) in [5.74, 6) is -2.15. The van der Waals surface area contributed by atoms with Crippen LogP contribution in [0.1, 0.15) is 93.7 Å². The van der Waals surface area contributed by atoms with Gasteiger partial charge in [-0.1, -0.05) is 91.7 Å². The van der Waals surface area contributed by atoms with Gasteiger partial charge in [0, 0.05) is 32.5 Å². The molecule has 292 valence electrons. The van der Waals surface area contributed by atoms with E-state index in [4.69, 9.17) is 9.47 Å². The van der Waals surface area contributed by atoms with E-state index in [1.807, 2.05) is 78.9 Å². The SMILES string of the molecule is C[C@H](NC(=O)[C@H](Cc1ccccc1)N(C)C(=O)[C@H](CC(=O)OC1CCCCCC1)NC(=O)OCC1c2ccccc2-c2ccccc21)C(=O)N1CCCCC1. The summed E-state index contributed by atoms with van der Waals surface area (Å²) in [6.07, 6.45) is 7.05. The molecule has 1 saturated carbocycles. The van der Waals surface area contributed by atoms with E-state index in [0.717, 1.165) is 85.6 Å². The standard InChI is InChI=1S/C44H54N4O7/c1-30(42(51)48-25-15-6-16-26-48)45-41(50)39(27-31-17-7-5-8-18-31)47(2)43(52)38(28-40(49)55-32-19-9-3-4-10-20-32)46-44(53)54-29-37-35-23-13-11-21-33(35)34-22-12-14-24-36(34)37/h5,7-8,11-14,17-18,21-24,30,32,37-39H,3-4,6,9-10,15-16,19-20,25-29H2,1-2H3,(H,45,50)(H,46,53)/t30-,38-,39-/m0/s1. The molecule has 3 aromatic carbocycles. The van der Waals surface area contributed by atoms with Gasteiger partial charge in [0.15, 0.2) is 0 Å². The molecular weight excluding hydrogens is 697 g/mol. The third-order valence-corrected chi connectivity index (χ3v) is 11.2. The van der Waals surface area contributed by atoms with Crippen molar-refractivity contribution >= 4 is 29.8 Å². The minimum Gasteiger partial charge on any atom is -0.462 e. The highest BCUT2D eigenvalue weighted by Gasteiger charge is 2.37. The first kappa shape index (κ1) is 39.5. The summed E-state index contributed by atoms with van der Waals surface area (Å²) in [6.45, 7) is 2.96. The second kappa shape index (κ2) is 18.9. The molecular formula is C44H54N4O7. The Morgan fingerprint density at radius 2 is 1.35 bits per heavy atom. The van der Waals surface area contributed by atoms with Crippen LogP contribution in [-0.4, -0.2) is 90.6 Å². The minimum absolute atomic E-state index is 0.0190. The van der Waals surface area contributed by atoms with Crippen molar-refractivity contribution < 1.29 is 33.4 Å². The number of carbonyl (C=O) groups excluding carboxylic acids is 5. The number of nitrogens with one attached hydrogen (secondary N) is 2. The Kier molecular flexibility index (Phi) is 13.6. The van der Waals surface area contributed by atoms with Crippen LogP contribution >= 0.6 is 0 Å². The van der Waals surface area contributed by atoms with Crippen molar-refractivity contribution in [2.75, 3.05) is 26.7 Å². The molecule has 0 bridgehead atoms. The molecule has 2 N–H and O–H groups in total. The van der Waals surface area contributed by atoms with Gasteiger partial charge in [-0.05, 0) is 79.7 Å². The van der Waals surface area contributed by atoms with Crippen molar-refractivity contribution in [2.45, 2.75) is 108 Å². The Morgan fingerprint density at radius 3 is 1.98 bits per heavy atom. The average molecular weight is 751 g/mol. The zero-order chi connectivity index (χ0) is 38.7. The summed E-state index contributed by atoms with van der Waals surface area (Å²) in [5.41, 5.74) is 5.04. The zero-order valence-corrected chi connectivity index (χ0v) is 32.0. The third-order valence-electron chi connectivity index (χ3n) is 11.2. The number of ether oxygens (including phenoxy) is 2. The van der Waals surface area contributed by atoms with Crippen molar-refractivity contribution in [3.8, 4) is 11.1 Å². The maximum absolute atomic E-state index is 14.4. The van der Waals surface area contributed by atoms with E-state index < -0.39 is 48.4 Å². The Labute approximate surface area is 324 Å². The molecule has 6 rings (SSSR count). The molecule has 3 atom stereocenters. The monoisotopic (exact) mass is 750 g/mol. The summed E-state index contributed by atoms with van der Waals surface area (Å²) in [5, 5.41) is 5.52. The normalized spacial score (nSPS) is 17.4. The molecule has 0 unspecified atom stereocenters. The second-order valence-electron chi connectivity index (χ2n) is 15.1. The fourth-order valence-electron chi connectivity index (χ4n) is 8.14. The predicted molar refractivity (Wildman–Crippen MR) is 209 cm³/mol. The first-order valence-electron chi connectivity index (χ1n) is 19.9. The number of likely N-dealkylation sites (tertiary alicyclic amines) is 1. The lowest BCUT2D eigenvalue weighted by Crippen LogP contribution is -2.58. The highest BCUT2D eigenvalue weighted by molar-refractivity contribution is 5.95. The Morgan fingerprint density at radius 1 is 0.764 bits per heavy atom. The number of carbonyl (C=O) groups is 5. The molecule has 4 amide bonds. The number of fused-ring (bicyclic) bond motifs is 3. The van der Waals surface area contributed by atoms with Gasteiger partial charge in [-0.2, -0.15) is 0 Å². The van der Waals surface area contributed by atoms with Crippen molar-refractivity contribution in [2.24, 2.45) is 0 Å². The molecule has 2 aliphatic carbocycles. The summed E-state index contributed by atoms with van der Waals surface area (Å²) in [7, 11) is 1.48. The van der Waals surface area contributed by atoms with E-state index in [2.05, 4.69) is 10.6 Å². The molecule has 11 heteroatoms. The Bertz CT molecular complexity index is 1760. The molecule has 0 aromatic heterocycles. The van der Waals surface area contributed by atoms with Crippen molar-refractivity contribution in [3.05, 3.63) is 95.6 Å². The van der Waals surface area contributed by atoms with Crippen LogP contribution in [0.2, 0.25) is 0 Å². The highest BCUT2D eigenvalue weighted by Crippen LogP contribution is 2.44. The van der Waals surface area contributed by atoms with E-state index in [9.17, 15) is 24.0 Å². The van der Waals surface area contributed by atoms with Crippen molar-refractivity contribution in [1.29, 1.82) is 0 Å². The lowest BCUT2D eigenvalue weighted by atomic mass is 9.98. The number of nitrogens with zero attached hydrogens (tertiary/aromatic N) is 2. The van der Waals surface area contributed by atoms with Crippen molar-refractivity contribution in [3.63, 3.8) is 0 Å². The van der Waals surface area contributed by atoms with E-state index >= 15 is 0 Å². The summed E-state index contributed by atoms with van der Waals surface area (Å²) in [6, 6.07) is 22.0. The van der Waals surface area contributed by atoms with E-state index in [1.165, 1.54) is 11.9 Å². The van der Waals surface area contributed by atoms with Gasteiger partial charge in [0.1, 0.15) is 30.8 Å².